The highest BCUT2D eigenvalue weighted by Crippen LogP contribution is 2.28. The van der Waals surface area contributed by atoms with Crippen LogP contribution in [-0.2, 0) is 0 Å². The van der Waals surface area contributed by atoms with Gasteiger partial charge in [0.15, 0.2) is 28.9 Å². The number of nitrogens with zero attached hydrogens (tertiary/aromatic N) is 3. The molecule has 0 aliphatic carbocycles. The zero-order chi connectivity index (χ0) is 25.4. The number of aromatic nitrogens is 2. The predicted molar refractivity (Wildman–Crippen MR) is 119 cm³/mol. The number of pyridine rings is 2. The van der Waals surface area contributed by atoms with Crippen LogP contribution >= 0.6 is 0 Å². The van der Waals surface area contributed by atoms with Crippen molar-refractivity contribution in [1.29, 1.82) is 0 Å². The molecule has 1 aliphatic heterocycles. The highest BCUT2D eigenvalue weighted by molar-refractivity contribution is 5.97. The summed E-state index contributed by atoms with van der Waals surface area (Å²) in [4.78, 5) is 31.0. The number of hydrogen-bond acceptors (Lipinski definition) is 6. The van der Waals surface area contributed by atoms with Crippen LogP contribution in [0.2, 0.25) is 0 Å². The van der Waals surface area contributed by atoms with E-state index in [2.05, 4.69) is 16.9 Å². The van der Waals surface area contributed by atoms with Crippen LogP contribution in [0.25, 0.3) is 16.7 Å². The molecule has 8 nitrogen and oxygen atoms in total. The summed E-state index contributed by atoms with van der Waals surface area (Å²) < 4.78 is 58.7. The van der Waals surface area contributed by atoms with E-state index in [0.29, 0.717) is 18.6 Å². The number of rotatable bonds is 6. The van der Waals surface area contributed by atoms with Gasteiger partial charge in [-0.3, -0.25) is 14.2 Å². The molecule has 3 N–H and O–H groups in total. The third-order valence-corrected chi connectivity index (χ3v) is 5.57. The number of nitrogens with one attached hydrogen (secondary N) is 1. The molecule has 35 heavy (non-hydrogen) atoms. The maximum atomic E-state index is 15.0. The fraction of sp³-hybridized carbons (Fsp3) is 0.261. The molecule has 4 rings (SSSR count). The van der Waals surface area contributed by atoms with Gasteiger partial charge in [0, 0.05) is 38.0 Å². The molecule has 0 spiro atoms. The lowest BCUT2D eigenvalue weighted by Gasteiger charge is -2.20. The monoisotopic (exact) mass is 492 g/mol. The fourth-order valence-corrected chi connectivity index (χ4v) is 3.86. The number of fused-ring (bicyclic) bond motifs is 1. The second kappa shape index (κ2) is 9.47. The molecule has 0 unspecified atom stereocenters. The van der Waals surface area contributed by atoms with Gasteiger partial charge in [-0.15, -0.1) is 6.58 Å². The molecule has 184 valence electrons. The molecule has 1 aliphatic rings. The Hall–Kier alpha value is -3.77. The van der Waals surface area contributed by atoms with Gasteiger partial charge in [-0.2, -0.15) is 0 Å². The van der Waals surface area contributed by atoms with Crippen molar-refractivity contribution in [2.24, 2.45) is 0 Å². The van der Waals surface area contributed by atoms with E-state index in [1.807, 2.05) is 0 Å². The number of carbonyl (C=O) groups excluding carboxylic acids is 1. The first kappa shape index (κ1) is 24.4. The maximum Gasteiger partial charge on any atom is 0.256 e. The average Bonchev–Trinajstić information content (AvgIpc) is 3.12. The van der Waals surface area contributed by atoms with Gasteiger partial charge in [-0.25, -0.2) is 22.5 Å². The zero-order valence-electron chi connectivity index (χ0n) is 18.1. The molecule has 2 atom stereocenters. The van der Waals surface area contributed by atoms with Gasteiger partial charge in [0.1, 0.15) is 17.1 Å². The summed E-state index contributed by atoms with van der Waals surface area (Å²) in [6, 6.07) is 1.57. The number of aliphatic hydroxyl groups excluding tert-OH is 2. The Morgan fingerprint density at radius 3 is 2.34 bits per heavy atom. The lowest BCUT2D eigenvalue weighted by molar-refractivity contribution is 0.0572. The summed E-state index contributed by atoms with van der Waals surface area (Å²) in [5, 5.41) is 21.6. The molecular weight excluding hydrogens is 472 g/mol. The third-order valence-electron chi connectivity index (χ3n) is 5.57. The van der Waals surface area contributed by atoms with Gasteiger partial charge >= 0.3 is 0 Å². The van der Waals surface area contributed by atoms with E-state index in [0.717, 1.165) is 16.8 Å². The van der Waals surface area contributed by atoms with Gasteiger partial charge in [0.25, 0.3) is 5.91 Å². The zero-order valence-corrected chi connectivity index (χ0v) is 18.1. The van der Waals surface area contributed by atoms with Crippen molar-refractivity contribution in [3.63, 3.8) is 0 Å². The summed E-state index contributed by atoms with van der Waals surface area (Å²) in [5.74, 6) is -6.21. The minimum absolute atomic E-state index is 0.115. The first-order chi connectivity index (χ1) is 16.6. The van der Waals surface area contributed by atoms with Gasteiger partial charge < -0.3 is 20.4 Å². The van der Waals surface area contributed by atoms with Crippen molar-refractivity contribution in [2.45, 2.75) is 18.6 Å². The number of β-amino-alcohol motifs (C(OH)–C–C–N with tert-alkyl or cyclic N) is 2. The van der Waals surface area contributed by atoms with Crippen LogP contribution in [0, 0.1) is 23.3 Å². The first-order valence-electron chi connectivity index (χ1n) is 10.5. The van der Waals surface area contributed by atoms with Crippen LogP contribution in [-0.4, -0.2) is 57.5 Å². The number of benzene rings is 1. The quantitative estimate of drug-likeness (QED) is 0.275. The Morgan fingerprint density at radius 1 is 1.11 bits per heavy atom. The number of amides is 1. The van der Waals surface area contributed by atoms with Crippen LogP contribution in [0.15, 0.2) is 41.8 Å². The molecular formula is C23H20F4N4O4. The topological polar surface area (TPSA) is 108 Å². The first-order valence-corrected chi connectivity index (χ1v) is 10.5. The lowest BCUT2D eigenvalue weighted by atomic mass is 10.1. The van der Waals surface area contributed by atoms with Crippen LogP contribution in [0.1, 0.15) is 16.8 Å². The molecule has 0 bridgehead atoms. The SMILES string of the molecule is C=CCCNC(=O)c1cn(-c2c(F)cc(F)cc2F)c2nc(N3C[C@@H](O)[C@H](O)C3)c(F)cc2c1=O. The summed E-state index contributed by atoms with van der Waals surface area (Å²) in [7, 11) is 0. The normalized spacial score (nSPS) is 17.7. The second-order valence-corrected chi connectivity index (χ2v) is 8.00. The van der Waals surface area contributed by atoms with Crippen molar-refractivity contribution in [1.82, 2.24) is 14.9 Å². The number of aliphatic hydroxyl groups is 2. The standard InChI is InChI=1S/C23H20F4N4O4/c1-2-3-4-28-23(35)13-8-31(19-14(25)5-11(24)6-15(19)26)21-12(20(13)34)7-16(27)22(29-21)30-9-17(32)18(33)10-30/h2,5-8,17-18,32-33H,1,3-4,9-10H2,(H,28,35)/t17-,18-/m1/s1. The highest BCUT2D eigenvalue weighted by Gasteiger charge is 2.33. The molecule has 1 amide bonds. The van der Waals surface area contributed by atoms with Crippen molar-refractivity contribution in [3.05, 3.63) is 76.1 Å². The Kier molecular flexibility index (Phi) is 6.59. The number of hydrogen-bond donors (Lipinski definition) is 3. The van der Waals surface area contributed by atoms with Crippen LogP contribution in [0.3, 0.4) is 0 Å². The Labute approximate surface area is 195 Å². The summed E-state index contributed by atoms with van der Waals surface area (Å²) in [6.45, 7) is 3.25. The third kappa shape index (κ3) is 4.49. The largest absolute Gasteiger partial charge is 0.389 e. The van der Waals surface area contributed by atoms with E-state index < -0.39 is 74.9 Å². The van der Waals surface area contributed by atoms with Crippen molar-refractivity contribution >= 4 is 22.8 Å². The summed E-state index contributed by atoms with van der Waals surface area (Å²) in [6.07, 6.45) is 0.359. The molecule has 12 heteroatoms. The van der Waals surface area contributed by atoms with E-state index >= 15 is 4.39 Å². The Morgan fingerprint density at radius 2 is 1.74 bits per heavy atom. The van der Waals surface area contributed by atoms with Crippen LogP contribution < -0.4 is 15.6 Å². The van der Waals surface area contributed by atoms with Gasteiger partial charge in [0.2, 0.25) is 5.43 Å². The molecule has 1 fully saturated rings. The second-order valence-electron chi connectivity index (χ2n) is 8.00. The fourth-order valence-electron chi connectivity index (χ4n) is 3.86. The van der Waals surface area contributed by atoms with E-state index in [9.17, 15) is 33.0 Å². The van der Waals surface area contributed by atoms with Gasteiger partial charge in [-0.05, 0) is 12.5 Å². The molecule has 0 saturated carbocycles. The number of anilines is 1. The molecule has 0 radical (unpaired) electrons. The predicted octanol–water partition coefficient (Wildman–Crippen LogP) is 1.79. The average molecular weight is 492 g/mol. The Bertz CT molecular complexity index is 1360. The molecule has 1 aromatic carbocycles. The summed E-state index contributed by atoms with van der Waals surface area (Å²) >= 11 is 0. The highest BCUT2D eigenvalue weighted by atomic mass is 19.1. The number of halogens is 4. The van der Waals surface area contributed by atoms with E-state index in [1.54, 1.807) is 0 Å². The minimum Gasteiger partial charge on any atom is -0.389 e. The smallest absolute Gasteiger partial charge is 0.256 e. The van der Waals surface area contributed by atoms with Crippen molar-refractivity contribution < 1.29 is 32.6 Å². The molecule has 1 saturated heterocycles. The van der Waals surface area contributed by atoms with Crippen LogP contribution in [0.4, 0.5) is 23.4 Å². The van der Waals surface area contributed by atoms with Crippen molar-refractivity contribution in [2.75, 3.05) is 24.5 Å². The Balaban J connectivity index is 1.99. The van der Waals surface area contributed by atoms with E-state index in [-0.39, 0.29) is 19.6 Å². The van der Waals surface area contributed by atoms with E-state index in [4.69, 9.17) is 0 Å². The van der Waals surface area contributed by atoms with Gasteiger partial charge in [0.05, 0.1) is 17.6 Å². The lowest BCUT2D eigenvalue weighted by Crippen LogP contribution is -2.31. The van der Waals surface area contributed by atoms with Gasteiger partial charge in [-0.1, -0.05) is 6.08 Å². The van der Waals surface area contributed by atoms with Crippen molar-refractivity contribution in [3.8, 4) is 5.69 Å². The summed E-state index contributed by atoms with van der Waals surface area (Å²) in [5.41, 5.74) is -2.77. The molecule has 3 heterocycles. The number of carbonyl (C=O) groups is 1. The maximum absolute atomic E-state index is 15.0. The van der Waals surface area contributed by atoms with E-state index in [1.165, 1.54) is 11.0 Å². The minimum atomic E-state index is -1.36. The molecule has 2 aromatic heterocycles. The molecule has 3 aromatic rings. The van der Waals surface area contributed by atoms with Crippen LogP contribution in [0.5, 0.6) is 0 Å².